The van der Waals surface area contributed by atoms with Gasteiger partial charge < -0.3 is 4.90 Å². The van der Waals surface area contributed by atoms with Gasteiger partial charge in [-0.15, -0.1) is 23.1 Å². The molecule has 1 aliphatic rings. The first-order chi connectivity index (χ1) is 9.65. The van der Waals surface area contributed by atoms with Gasteiger partial charge in [-0.05, 0) is 37.6 Å². The van der Waals surface area contributed by atoms with Crippen molar-refractivity contribution in [3.05, 3.63) is 46.2 Å². The fourth-order valence-electron chi connectivity index (χ4n) is 2.38. The van der Waals surface area contributed by atoms with Crippen LogP contribution < -0.4 is 4.90 Å². The molecule has 1 aromatic heterocycles. The van der Waals surface area contributed by atoms with Crippen molar-refractivity contribution < 1.29 is 4.79 Å². The van der Waals surface area contributed by atoms with Gasteiger partial charge in [-0.2, -0.15) is 0 Å². The molecular formula is C16H17NOS2. The van der Waals surface area contributed by atoms with Crippen molar-refractivity contribution in [1.29, 1.82) is 0 Å². The zero-order valence-corrected chi connectivity index (χ0v) is 13.3. The molecule has 0 radical (unpaired) electrons. The summed E-state index contributed by atoms with van der Waals surface area (Å²) in [4.78, 5) is 17.9. The number of nitrogens with zero attached hydrogens (tertiary/aromatic N) is 1. The zero-order chi connectivity index (χ0) is 14.1. The number of carbonyl (C=O) groups is 1. The number of amides is 1. The Labute approximate surface area is 127 Å². The predicted molar refractivity (Wildman–Crippen MR) is 87.1 cm³/mol. The number of thiophene rings is 1. The summed E-state index contributed by atoms with van der Waals surface area (Å²) in [7, 11) is 0. The minimum atomic E-state index is 0.130. The number of para-hydroxylation sites is 1. The van der Waals surface area contributed by atoms with Gasteiger partial charge in [0.25, 0.3) is 5.91 Å². The smallest absolute Gasteiger partial charge is 0.268 e. The Morgan fingerprint density at radius 2 is 2.05 bits per heavy atom. The maximum Gasteiger partial charge on any atom is 0.268 e. The van der Waals surface area contributed by atoms with Crippen molar-refractivity contribution >= 4 is 34.7 Å². The van der Waals surface area contributed by atoms with E-state index < -0.39 is 0 Å². The minimum absolute atomic E-state index is 0.130. The van der Waals surface area contributed by atoms with Gasteiger partial charge >= 0.3 is 0 Å². The number of fused-ring (bicyclic) bond motifs is 1. The summed E-state index contributed by atoms with van der Waals surface area (Å²) in [5, 5.41) is 0.541. The molecule has 1 aromatic carbocycles. The number of anilines is 1. The van der Waals surface area contributed by atoms with Crippen LogP contribution in [-0.2, 0) is 0 Å². The average molecular weight is 303 g/mol. The summed E-state index contributed by atoms with van der Waals surface area (Å²) >= 11 is 3.44. The molecule has 2 heterocycles. The monoisotopic (exact) mass is 303 g/mol. The number of benzene rings is 1. The third-order valence-electron chi connectivity index (χ3n) is 3.44. The molecule has 3 rings (SSSR count). The van der Waals surface area contributed by atoms with E-state index in [9.17, 15) is 4.79 Å². The molecule has 2 aromatic rings. The largest absolute Gasteiger partial charge is 0.306 e. The maximum atomic E-state index is 12.8. The van der Waals surface area contributed by atoms with Crippen LogP contribution in [0.15, 0.2) is 41.3 Å². The Morgan fingerprint density at radius 3 is 2.80 bits per heavy atom. The molecule has 1 unspecified atom stereocenters. The zero-order valence-electron chi connectivity index (χ0n) is 11.6. The molecule has 0 N–H and O–H groups in total. The molecule has 0 fully saturated rings. The van der Waals surface area contributed by atoms with Crippen LogP contribution >= 0.6 is 23.1 Å². The molecular weight excluding hydrogens is 286 g/mol. The Hall–Kier alpha value is -1.26. The summed E-state index contributed by atoms with van der Waals surface area (Å²) < 4.78 is 0. The van der Waals surface area contributed by atoms with E-state index in [1.165, 1.54) is 9.77 Å². The lowest BCUT2D eigenvalue weighted by Gasteiger charge is -2.21. The van der Waals surface area contributed by atoms with Crippen LogP contribution in [0.2, 0.25) is 0 Å². The lowest BCUT2D eigenvalue weighted by Crippen LogP contribution is -2.31. The first kappa shape index (κ1) is 13.7. The van der Waals surface area contributed by atoms with Crippen LogP contribution in [0.1, 0.15) is 27.9 Å². The third kappa shape index (κ3) is 2.63. The number of hydrogen-bond acceptors (Lipinski definition) is 3. The Kier molecular flexibility index (Phi) is 3.85. The number of hydrogen-bond donors (Lipinski definition) is 0. The number of aryl methyl sites for hydroxylation is 1. The molecule has 4 heteroatoms. The van der Waals surface area contributed by atoms with Gasteiger partial charge in [0.15, 0.2) is 0 Å². The van der Waals surface area contributed by atoms with Crippen molar-refractivity contribution in [3.63, 3.8) is 0 Å². The van der Waals surface area contributed by atoms with Crippen LogP contribution in [0.5, 0.6) is 0 Å². The van der Waals surface area contributed by atoms with Gasteiger partial charge in [0.05, 0.1) is 10.6 Å². The van der Waals surface area contributed by atoms with Gasteiger partial charge in [0, 0.05) is 21.6 Å². The second kappa shape index (κ2) is 5.62. The van der Waals surface area contributed by atoms with Crippen molar-refractivity contribution in [2.45, 2.75) is 30.4 Å². The van der Waals surface area contributed by atoms with Gasteiger partial charge in [-0.25, -0.2) is 0 Å². The normalized spacial score (nSPS) is 18.5. The van der Waals surface area contributed by atoms with Crippen LogP contribution in [0.3, 0.4) is 0 Å². The highest BCUT2D eigenvalue weighted by Gasteiger charge is 2.25. The SMILES string of the molecule is Cc1ccc(C(=O)N2CCC(C)Sc3ccccc32)s1. The van der Waals surface area contributed by atoms with Crippen LogP contribution in [0, 0.1) is 6.92 Å². The van der Waals surface area contributed by atoms with Gasteiger partial charge in [-0.3, -0.25) is 4.79 Å². The highest BCUT2D eigenvalue weighted by Crippen LogP contribution is 2.38. The molecule has 1 aliphatic heterocycles. The summed E-state index contributed by atoms with van der Waals surface area (Å²) in [6, 6.07) is 12.2. The summed E-state index contributed by atoms with van der Waals surface area (Å²) in [5.41, 5.74) is 1.05. The Balaban J connectivity index is 1.99. The van der Waals surface area contributed by atoms with E-state index in [2.05, 4.69) is 19.1 Å². The molecule has 0 aliphatic carbocycles. The summed E-state index contributed by atoms with van der Waals surface area (Å²) in [5.74, 6) is 0.130. The van der Waals surface area contributed by atoms with E-state index in [0.717, 1.165) is 23.5 Å². The molecule has 2 nitrogen and oxygen atoms in total. The van der Waals surface area contributed by atoms with E-state index in [4.69, 9.17) is 0 Å². The van der Waals surface area contributed by atoms with Crippen molar-refractivity contribution in [3.8, 4) is 0 Å². The lowest BCUT2D eigenvalue weighted by atomic mass is 10.2. The second-order valence-electron chi connectivity index (χ2n) is 5.05. The fourth-order valence-corrected chi connectivity index (χ4v) is 4.31. The standard InChI is InChI=1S/C16H17NOS2/c1-11-7-8-15(20-11)16(18)17-10-9-12(2)19-14-6-4-3-5-13(14)17/h3-8,12H,9-10H2,1-2H3. The van der Waals surface area contributed by atoms with E-state index in [0.29, 0.717) is 5.25 Å². The molecule has 0 spiro atoms. The highest BCUT2D eigenvalue weighted by molar-refractivity contribution is 8.00. The predicted octanol–water partition coefficient (Wildman–Crippen LogP) is 4.59. The first-order valence-corrected chi connectivity index (χ1v) is 8.49. The average Bonchev–Trinajstić information content (AvgIpc) is 2.79. The number of carbonyl (C=O) groups excluding carboxylic acids is 1. The first-order valence-electron chi connectivity index (χ1n) is 6.79. The second-order valence-corrected chi connectivity index (χ2v) is 7.82. The number of thioether (sulfide) groups is 1. The van der Waals surface area contributed by atoms with Crippen molar-refractivity contribution in [1.82, 2.24) is 0 Å². The van der Waals surface area contributed by atoms with Crippen LogP contribution in [0.4, 0.5) is 5.69 Å². The van der Waals surface area contributed by atoms with E-state index in [1.807, 2.05) is 47.9 Å². The van der Waals surface area contributed by atoms with Crippen LogP contribution in [-0.4, -0.2) is 17.7 Å². The van der Waals surface area contributed by atoms with Gasteiger partial charge in [0.2, 0.25) is 0 Å². The van der Waals surface area contributed by atoms with Crippen molar-refractivity contribution in [2.75, 3.05) is 11.4 Å². The van der Waals surface area contributed by atoms with E-state index in [-0.39, 0.29) is 5.91 Å². The topological polar surface area (TPSA) is 20.3 Å². The Morgan fingerprint density at radius 1 is 1.25 bits per heavy atom. The fraction of sp³-hybridized carbons (Fsp3) is 0.312. The molecule has 0 saturated heterocycles. The molecule has 20 heavy (non-hydrogen) atoms. The van der Waals surface area contributed by atoms with E-state index >= 15 is 0 Å². The molecule has 0 saturated carbocycles. The van der Waals surface area contributed by atoms with Gasteiger partial charge in [0.1, 0.15) is 0 Å². The molecule has 104 valence electrons. The Bertz CT molecular complexity index is 635. The highest BCUT2D eigenvalue weighted by atomic mass is 32.2. The lowest BCUT2D eigenvalue weighted by molar-refractivity contribution is 0.0990. The van der Waals surface area contributed by atoms with Crippen LogP contribution in [0.25, 0.3) is 0 Å². The maximum absolute atomic E-state index is 12.8. The van der Waals surface area contributed by atoms with Crippen molar-refractivity contribution in [2.24, 2.45) is 0 Å². The molecule has 0 bridgehead atoms. The van der Waals surface area contributed by atoms with E-state index in [1.54, 1.807) is 11.3 Å². The summed E-state index contributed by atoms with van der Waals surface area (Å²) in [6.45, 7) is 5.06. The molecule has 1 amide bonds. The number of rotatable bonds is 1. The van der Waals surface area contributed by atoms with Gasteiger partial charge in [-0.1, -0.05) is 19.1 Å². The third-order valence-corrected chi connectivity index (χ3v) is 5.67. The quantitative estimate of drug-likeness (QED) is 0.768. The molecule has 1 atom stereocenters. The summed E-state index contributed by atoms with van der Waals surface area (Å²) in [6.07, 6.45) is 1.02. The minimum Gasteiger partial charge on any atom is -0.306 e.